The van der Waals surface area contributed by atoms with Crippen LogP contribution in [-0.4, -0.2) is 42.4 Å². The maximum Gasteiger partial charge on any atom is 0.239 e. The van der Waals surface area contributed by atoms with Crippen LogP contribution in [0.3, 0.4) is 0 Å². The fraction of sp³-hybridized carbons (Fsp3) is 0.533. The van der Waals surface area contributed by atoms with Crippen LogP contribution in [0.1, 0.15) is 29.3 Å². The van der Waals surface area contributed by atoms with Crippen LogP contribution < -0.4 is 10.6 Å². The minimum atomic E-state index is -0.238. The molecule has 1 saturated heterocycles. The minimum absolute atomic E-state index is 0.0184. The van der Waals surface area contributed by atoms with Gasteiger partial charge >= 0.3 is 0 Å². The maximum atomic E-state index is 12.2. The molecular weight excluding hydrogens is 300 g/mol. The first-order valence-electron chi connectivity index (χ1n) is 7.29. The van der Waals surface area contributed by atoms with Gasteiger partial charge in [-0.05, 0) is 32.4 Å². The number of nitriles is 1. The highest BCUT2D eigenvalue weighted by molar-refractivity contribution is 7.16. The molecule has 0 spiro atoms. The second-order valence-corrected chi connectivity index (χ2v) is 6.53. The second-order valence-electron chi connectivity index (χ2n) is 5.31. The number of anilines is 1. The molecule has 1 aliphatic rings. The Morgan fingerprint density at radius 3 is 2.82 bits per heavy atom. The molecule has 1 aromatic rings. The maximum absolute atomic E-state index is 12.2. The number of carbonyl (C=O) groups is 2. The molecule has 2 heterocycles. The summed E-state index contributed by atoms with van der Waals surface area (Å²) in [6, 6.07) is 1.90. The van der Waals surface area contributed by atoms with Crippen molar-refractivity contribution in [2.45, 2.75) is 33.2 Å². The third-order valence-electron chi connectivity index (χ3n) is 3.96. The number of aryl methyl sites for hydroxylation is 1. The fourth-order valence-electron chi connectivity index (χ4n) is 2.57. The van der Waals surface area contributed by atoms with Crippen molar-refractivity contribution < 1.29 is 9.59 Å². The molecule has 1 fully saturated rings. The van der Waals surface area contributed by atoms with Crippen molar-refractivity contribution in [3.8, 4) is 6.07 Å². The Labute approximate surface area is 134 Å². The lowest BCUT2D eigenvalue weighted by atomic mass is 10.2. The Morgan fingerprint density at radius 2 is 2.27 bits per heavy atom. The predicted octanol–water partition coefficient (Wildman–Crippen LogP) is 1.39. The van der Waals surface area contributed by atoms with Gasteiger partial charge in [0.05, 0.1) is 18.2 Å². The van der Waals surface area contributed by atoms with E-state index in [-0.39, 0.29) is 24.4 Å². The number of rotatable bonds is 5. The first kappa shape index (κ1) is 16.5. The summed E-state index contributed by atoms with van der Waals surface area (Å²) in [7, 11) is 0. The van der Waals surface area contributed by atoms with Crippen molar-refractivity contribution >= 4 is 28.2 Å². The number of nitrogens with one attached hydrogen (secondary N) is 2. The van der Waals surface area contributed by atoms with Gasteiger partial charge in [0, 0.05) is 11.4 Å². The van der Waals surface area contributed by atoms with Crippen LogP contribution >= 0.6 is 11.3 Å². The molecule has 1 aromatic heterocycles. The van der Waals surface area contributed by atoms with Gasteiger partial charge in [0.15, 0.2) is 0 Å². The predicted molar refractivity (Wildman–Crippen MR) is 85.8 cm³/mol. The third kappa shape index (κ3) is 3.29. The van der Waals surface area contributed by atoms with Crippen LogP contribution in [0.15, 0.2) is 0 Å². The topological polar surface area (TPSA) is 85.2 Å². The zero-order valence-electron chi connectivity index (χ0n) is 13.0. The monoisotopic (exact) mass is 320 g/mol. The minimum Gasteiger partial charge on any atom is -0.355 e. The van der Waals surface area contributed by atoms with Crippen molar-refractivity contribution in [3.05, 3.63) is 16.0 Å². The summed E-state index contributed by atoms with van der Waals surface area (Å²) in [4.78, 5) is 26.9. The van der Waals surface area contributed by atoms with E-state index >= 15 is 0 Å². The SMILES string of the molecule is CCN(CC(=O)Nc1sc(C)c(C)c1C#N)C1CCNC1=O. The summed E-state index contributed by atoms with van der Waals surface area (Å²) in [5.74, 6) is -0.213. The van der Waals surface area contributed by atoms with E-state index in [1.807, 2.05) is 25.7 Å². The molecule has 7 heteroatoms. The number of nitrogens with zero attached hydrogens (tertiary/aromatic N) is 2. The molecule has 2 rings (SSSR count). The zero-order valence-corrected chi connectivity index (χ0v) is 13.8. The standard InChI is InChI=1S/C15H20N4O2S/c1-4-19(12-5-6-17-14(12)21)8-13(20)18-15-11(7-16)9(2)10(3)22-15/h12H,4-6,8H2,1-3H3,(H,17,21)(H,18,20). The number of hydrogen-bond donors (Lipinski definition) is 2. The van der Waals surface area contributed by atoms with E-state index in [0.29, 0.717) is 23.7 Å². The van der Waals surface area contributed by atoms with Crippen LogP contribution in [-0.2, 0) is 9.59 Å². The van der Waals surface area contributed by atoms with Gasteiger partial charge < -0.3 is 10.6 Å². The van der Waals surface area contributed by atoms with E-state index in [0.717, 1.165) is 16.9 Å². The first-order valence-corrected chi connectivity index (χ1v) is 8.11. The molecule has 1 aliphatic heterocycles. The Bertz CT molecular complexity index is 632. The molecule has 0 bridgehead atoms. The Kier molecular flexibility index (Phi) is 5.16. The largest absolute Gasteiger partial charge is 0.355 e. The highest BCUT2D eigenvalue weighted by Crippen LogP contribution is 2.31. The van der Waals surface area contributed by atoms with Crippen LogP contribution in [0.2, 0.25) is 0 Å². The third-order valence-corrected chi connectivity index (χ3v) is 5.09. The summed E-state index contributed by atoms with van der Waals surface area (Å²) in [5, 5.41) is 15.4. The van der Waals surface area contributed by atoms with E-state index in [9.17, 15) is 14.9 Å². The van der Waals surface area contributed by atoms with Gasteiger partial charge in [-0.1, -0.05) is 6.92 Å². The Balaban J connectivity index is 2.05. The molecule has 1 unspecified atom stereocenters. The molecule has 118 valence electrons. The van der Waals surface area contributed by atoms with Crippen LogP contribution in [0.5, 0.6) is 0 Å². The summed E-state index contributed by atoms with van der Waals surface area (Å²) in [6.45, 7) is 7.16. The van der Waals surface area contributed by atoms with Gasteiger partial charge in [-0.3, -0.25) is 14.5 Å². The van der Waals surface area contributed by atoms with E-state index in [1.54, 1.807) is 0 Å². The van der Waals surface area contributed by atoms with Gasteiger partial charge in [0.1, 0.15) is 11.1 Å². The van der Waals surface area contributed by atoms with E-state index in [4.69, 9.17) is 0 Å². The molecule has 0 aliphatic carbocycles. The summed E-state index contributed by atoms with van der Waals surface area (Å²) in [5.41, 5.74) is 1.43. The number of amides is 2. The highest BCUT2D eigenvalue weighted by Gasteiger charge is 2.30. The quantitative estimate of drug-likeness (QED) is 0.858. The number of likely N-dealkylation sites (N-methyl/N-ethyl adjacent to an activating group) is 1. The van der Waals surface area contributed by atoms with E-state index in [1.165, 1.54) is 11.3 Å². The highest BCUT2D eigenvalue weighted by atomic mass is 32.1. The van der Waals surface area contributed by atoms with Gasteiger partial charge in [-0.2, -0.15) is 5.26 Å². The first-order chi connectivity index (χ1) is 10.5. The molecule has 1 atom stereocenters. The van der Waals surface area contributed by atoms with E-state index in [2.05, 4.69) is 16.7 Å². The normalized spacial score (nSPS) is 17.4. The van der Waals surface area contributed by atoms with Crippen molar-refractivity contribution in [3.63, 3.8) is 0 Å². The number of hydrogen-bond acceptors (Lipinski definition) is 5. The van der Waals surface area contributed by atoms with Gasteiger partial charge in [-0.15, -0.1) is 11.3 Å². The average molecular weight is 320 g/mol. The van der Waals surface area contributed by atoms with Gasteiger partial charge in [0.2, 0.25) is 11.8 Å². The lowest BCUT2D eigenvalue weighted by molar-refractivity contribution is -0.125. The molecule has 2 N–H and O–H groups in total. The molecule has 22 heavy (non-hydrogen) atoms. The van der Waals surface area contributed by atoms with Gasteiger partial charge in [-0.25, -0.2) is 0 Å². The second kappa shape index (κ2) is 6.90. The lowest BCUT2D eigenvalue weighted by Gasteiger charge is -2.24. The molecule has 0 radical (unpaired) electrons. The summed E-state index contributed by atoms with van der Waals surface area (Å²) in [6.07, 6.45) is 0.723. The fourth-order valence-corrected chi connectivity index (χ4v) is 3.60. The Morgan fingerprint density at radius 1 is 1.55 bits per heavy atom. The molecular formula is C15H20N4O2S. The summed E-state index contributed by atoms with van der Waals surface area (Å²) < 4.78 is 0. The number of thiophene rings is 1. The molecule has 6 nitrogen and oxygen atoms in total. The smallest absolute Gasteiger partial charge is 0.239 e. The van der Waals surface area contributed by atoms with E-state index < -0.39 is 0 Å². The van der Waals surface area contributed by atoms with Gasteiger partial charge in [0.25, 0.3) is 0 Å². The summed E-state index contributed by atoms with van der Waals surface area (Å²) >= 11 is 1.41. The molecule has 0 aromatic carbocycles. The average Bonchev–Trinajstić information content (AvgIpc) is 3.01. The molecule has 2 amide bonds. The van der Waals surface area contributed by atoms with Crippen LogP contribution in [0, 0.1) is 25.2 Å². The van der Waals surface area contributed by atoms with Crippen LogP contribution in [0.4, 0.5) is 5.00 Å². The molecule has 0 saturated carbocycles. The van der Waals surface area contributed by atoms with Crippen molar-refractivity contribution in [2.24, 2.45) is 0 Å². The van der Waals surface area contributed by atoms with Crippen molar-refractivity contribution in [1.82, 2.24) is 10.2 Å². The zero-order chi connectivity index (χ0) is 16.3. The number of carbonyl (C=O) groups excluding carboxylic acids is 2. The lowest BCUT2D eigenvalue weighted by Crippen LogP contribution is -2.44. The van der Waals surface area contributed by atoms with Crippen molar-refractivity contribution in [2.75, 3.05) is 25.0 Å². The van der Waals surface area contributed by atoms with Crippen molar-refractivity contribution in [1.29, 1.82) is 5.26 Å². The van der Waals surface area contributed by atoms with Crippen LogP contribution in [0.25, 0.3) is 0 Å². The Hall–Kier alpha value is -1.91.